The Morgan fingerprint density at radius 2 is 2.06 bits per heavy atom. The van der Waals surface area contributed by atoms with E-state index < -0.39 is 22.5 Å². The van der Waals surface area contributed by atoms with Crippen LogP contribution in [0.2, 0.25) is 5.02 Å². The van der Waals surface area contributed by atoms with Crippen molar-refractivity contribution in [3.8, 4) is 0 Å². The topological polar surface area (TPSA) is 106 Å². The monoisotopic (exact) mass is 277 g/mol. The van der Waals surface area contributed by atoms with Crippen molar-refractivity contribution in [3.63, 3.8) is 0 Å². The standard InChI is InChI=1S/C9H12ClN3O3S/c1-13(5-9(12)14)17(15,16)8-4-6(10)2-3-7(8)11/h2-4H,5,11H2,1H3,(H2,12,14). The van der Waals surface area contributed by atoms with E-state index in [9.17, 15) is 13.2 Å². The molecule has 1 aromatic rings. The fourth-order valence-electron chi connectivity index (χ4n) is 1.20. The molecule has 17 heavy (non-hydrogen) atoms. The molecule has 0 bridgehead atoms. The van der Waals surface area contributed by atoms with Crippen molar-refractivity contribution in [1.29, 1.82) is 0 Å². The van der Waals surface area contributed by atoms with Crippen LogP contribution in [0.4, 0.5) is 5.69 Å². The number of carbonyl (C=O) groups excluding carboxylic acids is 1. The van der Waals surface area contributed by atoms with E-state index in [0.29, 0.717) is 0 Å². The number of rotatable bonds is 4. The highest BCUT2D eigenvalue weighted by Crippen LogP contribution is 2.24. The van der Waals surface area contributed by atoms with Gasteiger partial charge in [0.1, 0.15) is 4.90 Å². The van der Waals surface area contributed by atoms with Crippen molar-refractivity contribution in [2.45, 2.75) is 4.90 Å². The van der Waals surface area contributed by atoms with Crippen LogP contribution in [0.5, 0.6) is 0 Å². The molecular formula is C9H12ClN3O3S. The molecule has 0 atom stereocenters. The van der Waals surface area contributed by atoms with E-state index in [4.69, 9.17) is 23.1 Å². The molecule has 6 nitrogen and oxygen atoms in total. The predicted molar refractivity (Wildman–Crippen MR) is 64.9 cm³/mol. The van der Waals surface area contributed by atoms with Crippen molar-refractivity contribution in [3.05, 3.63) is 23.2 Å². The first-order chi connectivity index (χ1) is 7.75. The summed E-state index contributed by atoms with van der Waals surface area (Å²) >= 11 is 5.70. The summed E-state index contributed by atoms with van der Waals surface area (Å²) in [6.07, 6.45) is 0. The first-order valence-electron chi connectivity index (χ1n) is 4.55. The number of halogens is 1. The highest BCUT2D eigenvalue weighted by Gasteiger charge is 2.24. The molecule has 0 aliphatic heterocycles. The number of amides is 1. The van der Waals surface area contributed by atoms with Crippen molar-refractivity contribution < 1.29 is 13.2 Å². The average Bonchev–Trinajstić information content (AvgIpc) is 2.20. The minimum atomic E-state index is -3.86. The Labute approximate surface area is 104 Å². The maximum Gasteiger partial charge on any atom is 0.245 e. The third-order valence-electron chi connectivity index (χ3n) is 2.04. The highest BCUT2D eigenvalue weighted by molar-refractivity contribution is 7.89. The summed E-state index contributed by atoms with van der Waals surface area (Å²) in [5, 5.41) is 0.241. The summed E-state index contributed by atoms with van der Waals surface area (Å²) in [7, 11) is -2.63. The molecule has 1 rings (SSSR count). The fourth-order valence-corrected chi connectivity index (χ4v) is 2.72. The van der Waals surface area contributed by atoms with E-state index in [2.05, 4.69) is 0 Å². The molecule has 0 unspecified atom stereocenters. The first kappa shape index (κ1) is 13.8. The van der Waals surface area contributed by atoms with Gasteiger partial charge in [0.05, 0.1) is 12.2 Å². The number of anilines is 1. The molecule has 0 saturated heterocycles. The van der Waals surface area contributed by atoms with Crippen LogP contribution in [0.15, 0.2) is 23.1 Å². The predicted octanol–water partition coefficient (Wildman–Crippen LogP) is 0.0280. The smallest absolute Gasteiger partial charge is 0.245 e. The lowest BCUT2D eigenvalue weighted by molar-refractivity contribution is -0.118. The van der Waals surface area contributed by atoms with Crippen molar-refractivity contribution in [2.24, 2.45) is 5.73 Å². The third-order valence-corrected chi connectivity index (χ3v) is 4.14. The second-order valence-corrected chi connectivity index (χ2v) is 5.86. The number of carbonyl (C=O) groups is 1. The molecule has 8 heteroatoms. The Kier molecular flexibility index (Phi) is 3.97. The van der Waals surface area contributed by atoms with Crippen LogP contribution in [0.3, 0.4) is 0 Å². The van der Waals surface area contributed by atoms with Crippen LogP contribution in [-0.4, -0.2) is 32.2 Å². The van der Waals surface area contributed by atoms with Crippen LogP contribution in [-0.2, 0) is 14.8 Å². The van der Waals surface area contributed by atoms with E-state index in [1.165, 1.54) is 25.2 Å². The molecule has 0 spiro atoms. The van der Waals surface area contributed by atoms with Gasteiger partial charge in [0, 0.05) is 12.1 Å². The van der Waals surface area contributed by atoms with Gasteiger partial charge in [-0.15, -0.1) is 0 Å². The van der Waals surface area contributed by atoms with Crippen molar-refractivity contribution in [1.82, 2.24) is 4.31 Å². The third kappa shape index (κ3) is 3.09. The van der Waals surface area contributed by atoms with Gasteiger partial charge in [0.2, 0.25) is 15.9 Å². The molecule has 0 aromatic heterocycles. The molecule has 0 aliphatic rings. The van der Waals surface area contributed by atoms with E-state index >= 15 is 0 Å². The summed E-state index contributed by atoms with van der Waals surface area (Å²) in [5.74, 6) is -0.753. The van der Waals surface area contributed by atoms with Crippen LogP contribution < -0.4 is 11.5 Å². The maximum atomic E-state index is 12.0. The van der Waals surface area contributed by atoms with E-state index in [-0.39, 0.29) is 15.6 Å². The SMILES string of the molecule is CN(CC(N)=O)S(=O)(=O)c1cc(Cl)ccc1N. The second kappa shape index (κ2) is 4.91. The molecule has 0 fully saturated rings. The van der Waals surface area contributed by atoms with Gasteiger partial charge in [0.15, 0.2) is 0 Å². The van der Waals surface area contributed by atoms with Gasteiger partial charge < -0.3 is 11.5 Å². The number of nitrogen functional groups attached to an aromatic ring is 1. The lowest BCUT2D eigenvalue weighted by atomic mass is 10.3. The zero-order chi connectivity index (χ0) is 13.2. The minimum absolute atomic E-state index is 0.0609. The summed E-state index contributed by atoms with van der Waals surface area (Å²) in [5.41, 5.74) is 10.6. The Morgan fingerprint density at radius 1 is 1.47 bits per heavy atom. The maximum absolute atomic E-state index is 12.0. The van der Waals surface area contributed by atoms with Gasteiger partial charge in [-0.25, -0.2) is 8.42 Å². The lowest BCUT2D eigenvalue weighted by Crippen LogP contribution is -2.35. The van der Waals surface area contributed by atoms with Crippen LogP contribution in [0.1, 0.15) is 0 Å². The van der Waals surface area contributed by atoms with Gasteiger partial charge in [-0.2, -0.15) is 4.31 Å². The lowest BCUT2D eigenvalue weighted by Gasteiger charge is -2.16. The molecule has 0 radical (unpaired) electrons. The van der Waals surface area contributed by atoms with Gasteiger partial charge >= 0.3 is 0 Å². The van der Waals surface area contributed by atoms with Crippen LogP contribution in [0, 0.1) is 0 Å². The average molecular weight is 278 g/mol. The number of hydrogen-bond donors (Lipinski definition) is 2. The van der Waals surface area contributed by atoms with Gasteiger partial charge in [0.25, 0.3) is 0 Å². The summed E-state index contributed by atoms with van der Waals surface area (Å²) in [4.78, 5) is 10.6. The number of nitrogens with two attached hydrogens (primary N) is 2. The van der Waals surface area contributed by atoms with E-state index in [0.717, 1.165) is 4.31 Å². The molecule has 0 heterocycles. The fraction of sp³-hybridized carbons (Fsp3) is 0.222. The van der Waals surface area contributed by atoms with Gasteiger partial charge in [-0.1, -0.05) is 11.6 Å². The number of nitrogens with zero attached hydrogens (tertiary/aromatic N) is 1. The molecule has 1 aromatic carbocycles. The highest BCUT2D eigenvalue weighted by atomic mass is 35.5. The molecule has 0 saturated carbocycles. The molecule has 1 amide bonds. The normalized spacial score (nSPS) is 11.7. The van der Waals surface area contributed by atoms with Crippen LogP contribution >= 0.6 is 11.6 Å². The number of primary amides is 1. The van der Waals surface area contributed by atoms with Gasteiger partial charge in [-0.05, 0) is 18.2 Å². The summed E-state index contributed by atoms with van der Waals surface area (Å²) in [6.45, 7) is -0.422. The summed E-state index contributed by atoms with van der Waals surface area (Å²) < 4.78 is 24.9. The van der Waals surface area contributed by atoms with E-state index in [1.54, 1.807) is 0 Å². The Hall–Kier alpha value is -1.31. The molecule has 94 valence electrons. The number of likely N-dealkylation sites (N-methyl/N-ethyl adjacent to an activating group) is 1. The Bertz CT molecular complexity index is 544. The van der Waals surface area contributed by atoms with Crippen molar-refractivity contribution in [2.75, 3.05) is 19.3 Å². The molecule has 0 aliphatic carbocycles. The quantitative estimate of drug-likeness (QED) is 0.757. The molecular weight excluding hydrogens is 266 g/mol. The second-order valence-electron chi connectivity index (χ2n) is 3.41. The largest absolute Gasteiger partial charge is 0.398 e. The minimum Gasteiger partial charge on any atom is -0.398 e. The summed E-state index contributed by atoms with van der Waals surface area (Å²) in [6, 6.07) is 4.08. The zero-order valence-electron chi connectivity index (χ0n) is 9.05. The molecule has 4 N–H and O–H groups in total. The van der Waals surface area contributed by atoms with Crippen LogP contribution in [0.25, 0.3) is 0 Å². The Balaban J connectivity index is 3.21. The number of hydrogen-bond acceptors (Lipinski definition) is 4. The van der Waals surface area contributed by atoms with Crippen molar-refractivity contribution >= 4 is 33.2 Å². The Morgan fingerprint density at radius 3 is 2.59 bits per heavy atom. The first-order valence-corrected chi connectivity index (χ1v) is 6.36. The number of benzene rings is 1. The number of sulfonamides is 1. The van der Waals surface area contributed by atoms with Gasteiger partial charge in [-0.3, -0.25) is 4.79 Å². The van der Waals surface area contributed by atoms with E-state index in [1.807, 2.05) is 0 Å². The zero-order valence-corrected chi connectivity index (χ0v) is 10.6.